The number of hydrogen-bond acceptors (Lipinski definition) is 3. The van der Waals surface area contributed by atoms with Crippen molar-refractivity contribution in [1.29, 1.82) is 0 Å². The van der Waals surface area contributed by atoms with Gasteiger partial charge >= 0.3 is 164 Å². The summed E-state index contributed by atoms with van der Waals surface area (Å²) >= 11 is 12.4. The average molecular weight is 462 g/mol. The predicted molar refractivity (Wildman–Crippen MR) is 105 cm³/mol. The van der Waals surface area contributed by atoms with Crippen LogP contribution in [0.5, 0.6) is 0 Å². The Morgan fingerprint density at radius 3 is 2.48 bits per heavy atom. The Labute approximate surface area is 164 Å². The van der Waals surface area contributed by atoms with Crippen LogP contribution in [0.3, 0.4) is 0 Å². The van der Waals surface area contributed by atoms with Crippen LogP contribution in [0.4, 0.5) is 0 Å². The summed E-state index contributed by atoms with van der Waals surface area (Å²) in [6, 6.07) is 15.4. The Morgan fingerprint density at radius 1 is 1.16 bits per heavy atom. The molecular weight excluding hydrogens is 445 g/mol. The van der Waals surface area contributed by atoms with Crippen LogP contribution in [0, 0.1) is 0 Å². The molecule has 1 atom stereocenters. The minimum absolute atomic E-state index is 0.0584. The van der Waals surface area contributed by atoms with E-state index in [1.807, 2.05) is 25.1 Å². The monoisotopic (exact) mass is 462 g/mol. The van der Waals surface area contributed by atoms with Gasteiger partial charge in [-0.1, -0.05) is 0 Å². The third-order valence-electron chi connectivity index (χ3n) is 3.53. The van der Waals surface area contributed by atoms with Crippen LogP contribution in [-0.2, 0) is 13.6 Å². The van der Waals surface area contributed by atoms with Gasteiger partial charge in [0, 0.05) is 0 Å². The molecule has 0 saturated carbocycles. The summed E-state index contributed by atoms with van der Waals surface area (Å²) in [4.78, 5) is 0. The van der Waals surface area contributed by atoms with Crippen molar-refractivity contribution in [3.8, 4) is 0 Å². The molecule has 0 aromatic heterocycles. The van der Waals surface area contributed by atoms with Crippen molar-refractivity contribution in [3.05, 3.63) is 68.6 Å². The molecule has 0 N–H and O–H groups in total. The Bertz CT molecular complexity index is 819. The van der Waals surface area contributed by atoms with E-state index >= 15 is 0 Å². The standard InChI is InChI=1S/C18H17Cl2O3PSe/c1-2-22-24(21)9-8-17(25-16-6-4-3-5-7-16)18(23-24)13-10-14(19)12-15(20)11-13/h3-7,10-12H,2,8-9H2,1H3. The molecule has 2 aromatic carbocycles. The number of allylic oxidation sites excluding steroid dienone is 1. The van der Waals surface area contributed by atoms with Crippen molar-refractivity contribution in [3.63, 3.8) is 0 Å². The first-order valence-electron chi connectivity index (χ1n) is 7.85. The van der Waals surface area contributed by atoms with Gasteiger partial charge in [-0.25, -0.2) is 0 Å². The molecule has 1 heterocycles. The van der Waals surface area contributed by atoms with Crippen molar-refractivity contribution < 1.29 is 13.6 Å². The SMILES string of the molecule is CCOP1(=O)CCC([Se]c2ccccc2)=C(c2cc(Cl)cc(Cl)c2)O1. The molecule has 2 aromatic rings. The molecule has 25 heavy (non-hydrogen) atoms. The first-order valence-corrected chi connectivity index (χ1v) is 12.0. The number of halogens is 2. The molecule has 3 nitrogen and oxygen atoms in total. The van der Waals surface area contributed by atoms with Crippen LogP contribution in [-0.4, -0.2) is 27.7 Å². The van der Waals surface area contributed by atoms with E-state index in [-0.39, 0.29) is 15.0 Å². The van der Waals surface area contributed by atoms with Gasteiger partial charge in [-0.2, -0.15) is 0 Å². The summed E-state index contributed by atoms with van der Waals surface area (Å²) in [7, 11) is -3.14. The summed E-state index contributed by atoms with van der Waals surface area (Å²) in [6.07, 6.45) is 1.06. The molecule has 1 unspecified atom stereocenters. The van der Waals surface area contributed by atoms with Crippen molar-refractivity contribution in [2.75, 3.05) is 12.8 Å². The average Bonchev–Trinajstić information content (AvgIpc) is 2.57. The minimum atomic E-state index is -3.14. The summed E-state index contributed by atoms with van der Waals surface area (Å²) in [5.41, 5.74) is 0.741. The topological polar surface area (TPSA) is 35.5 Å². The third-order valence-corrected chi connectivity index (χ3v) is 8.25. The molecule has 0 bridgehead atoms. The van der Waals surface area contributed by atoms with E-state index < -0.39 is 7.60 Å². The summed E-state index contributed by atoms with van der Waals surface area (Å²) in [5.74, 6) is 0.594. The quantitative estimate of drug-likeness (QED) is 0.445. The summed E-state index contributed by atoms with van der Waals surface area (Å²) in [5, 5.41) is 1.03. The second-order valence-corrected chi connectivity index (χ2v) is 10.9. The number of rotatable bonds is 5. The maximum atomic E-state index is 12.8. The maximum absolute atomic E-state index is 12.8. The molecule has 1 aliphatic rings. The fourth-order valence-electron chi connectivity index (χ4n) is 2.50. The third kappa shape index (κ3) is 4.92. The van der Waals surface area contributed by atoms with Gasteiger partial charge in [0.1, 0.15) is 0 Å². The zero-order valence-corrected chi connectivity index (χ0v) is 17.7. The predicted octanol–water partition coefficient (Wildman–Crippen LogP) is 5.34. The number of benzene rings is 2. The van der Waals surface area contributed by atoms with Gasteiger partial charge in [0.15, 0.2) is 0 Å². The van der Waals surface area contributed by atoms with E-state index in [4.69, 9.17) is 32.2 Å². The van der Waals surface area contributed by atoms with Crippen molar-refractivity contribution in [2.24, 2.45) is 0 Å². The molecule has 0 fully saturated rings. The molecule has 0 aliphatic carbocycles. The Kier molecular flexibility index (Phi) is 6.33. The van der Waals surface area contributed by atoms with Crippen molar-refractivity contribution in [1.82, 2.24) is 0 Å². The normalized spacial score (nSPS) is 20.4. The Morgan fingerprint density at radius 2 is 1.84 bits per heavy atom. The van der Waals surface area contributed by atoms with Crippen LogP contribution >= 0.6 is 30.8 Å². The zero-order chi connectivity index (χ0) is 17.9. The summed E-state index contributed by atoms with van der Waals surface area (Å²) < 4.78 is 26.5. The second-order valence-electron chi connectivity index (χ2n) is 5.42. The van der Waals surface area contributed by atoms with Gasteiger partial charge in [0.25, 0.3) is 0 Å². The van der Waals surface area contributed by atoms with Crippen molar-refractivity contribution >= 4 is 56.0 Å². The van der Waals surface area contributed by atoms with Crippen LogP contribution in [0.2, 0.25) is 10.0 Å². The van der Waals surface area contributed by atoms with E-state index in [1.165, 1.54) is 4.46 Å². The van der Waals surface area contributed by atoms with E-state index in [0.29, 0.717) is 35.0 Å². The summed E-state index contributed by atoms with van der Waals surface area (Å²) in [6.45, 7) is 2.16. The van der Waals surface area contributed by atoms with E-state index in [2.05, 4.69) is 12.1 Å². The second kappa shape index (κ2) is 8.31. The van der Waals surface area contributed by atoms with Gasteiger partial charge in [-0.3, -0.25) is 0 Å². The molecule has 3 rings (SSSR count). The fraction of sp³-hybridized carbons (Fsp3) is 0.222. The molecule has 0 amide bonds. The van der Waals surface area contributed by atoms with Crippen LogP contribution in [0.1, 0.15) is 18.9 Å². The molecule has 132 valence electrons. The zero-order valence-electron chi connectivity index (χ0n) is 13.6. The first-order chi connectivity index (χ1) is 12.0. The molecule has 0 radical (unpaired) electrons. The molecular formula is C18H17Cl2O3PSe. The van der Waals surface area contributed by atoms with Gasteiger partial charge in [-0.15, -0.1) is 0 Å². The molecule has 0 spiro atoms. The molecule has 1 aliphatic heterocycles. The first kappa shape index (κ1) is 19.0. The molecule has 7 heteroatoms. The fourth-order valence-corrected chi connectivity index (χ4v) is 7.33. The van der Waals surface area contributed by atoms with Crippen LogP contribution < -0.4 is 4.46 Å². The van der Waals surface area contributed by atoms with Gasteiger partial charge in [0.05, 0.1) is 0 Å². The van der Waals surface area contributed by atoms with Gasteiger partial charge < -0.3 is 0 Å². The number of hydrogen-bond donors (Lipinski definition) is 0. The molecule has 0 saturated heterocycles. The van der Waals surface area contributed by atoms with E-state index in [9.17, 15) is 4.57 Å². The van der Waals surface area contributed by atoms with E-state index in [1.54, 1.807) is 18.2 Å². The van der Waals surface area contributed by atoms with Crippen molar-refractivity contribution in [2.45, 2.75) is 13.3 Å². The van der Waals surface area contributed by atoms with E-state index in [0.717, 1.165) is 10.0 Å². The van der Waals surface area contributed by atoms with Gasteiger partial charge in [-0.05, 0) is 0 Å². The Balaban J connectivity index is 2.03. The Hall–Kier alpha value is -0.731. The van der Waals surface area contributed by atoms with Gasteiger partial charge in [0.2, 0.25) is 0 Å². The van der Waals surface area contributed by atoms with Crippen LogP contribution in [0.25, 0.3) is 5.76 Å². The van der Waals surface area contributed by atoms with Crippen LogP contribution in [0.15, 0.2) is 53.0 Å².